The van der Waals surface area contributed by atoms with Crippen molar-refractivity contribution in [3.63, 3.8) is 0 Å². The second-order valence-electron chi connectivity index (χ2n) is 5.25. The van der Waals surface area contributed by atoms with E-state index in [1.807, 2.05) is 0 Å². The number of benzene rings is 1. The van der Waals surface area contributed by atoms with Gasteiger partial charge in [0.15, 0.2) is 0 Å². The fraction of sp³-hybridized carbons (Fsp3) is 0.429. The van der Waals surface area contributed by atoms with Crippen molar-refractivity contribution in [1.82, 2.24) is 0 Å². The summed E-state index contributed by atoms with van der Waals surface area (Å²) in [5.74, 6) is -1.24. The van der Waals surface area contributed by atoms with Crippen molar-refractivity contribution in [1.29, 1.82) is 0 Å². The zero-order valence-electron chi connectivity index (χ0n) is 10.8. The normalized spacial score (nSPS) is 26.1. The van der Waals surface area contributed by atoms with Crippen LogP contribution in [0.4, 0.5) is 5.69 Å². The Morgan fingerprint density at radius 3 is 2.53 bits per heavy atom. The second kappa shape index (κ2) is 4.91. The van der Waals surface area contributed by atoms with Gasteiger partial charge >= 0.3 is 5.97 Å². The molecule has 2 rings (SSSR count). The summed E-state index contributed by atoms with van der Waals surface area (Å²) < 4.78 is 0. The maximum Gasteiger partial charge on any atom is 0.311 e. The number of carbonyl (C=O) groups excluding carboxylic acids is 1. The first-order chi connectivity index (χ1) is 8.93. The maximum absolute atomic E-state index is 11.4. The number of carboxylic acids is 1. The minimum absolute atomic E-state index is 0.0931. The molecule has 1 amide bonds. The minimum atomic E-state index is -0.767. The van der Waals surface area contributed by atoms with Crippen LogP contribution in [0.5, 0.6) is 0 Å². The number of primary amides is 1. The van der Waals surface area contributed by atoms with Gasteiger partial charge in [0.2, 0.25) is 5.91 Å². The van der Waals surface area contributed by atoms with Gasteiger partial charge in [0, 0.05) is 17.3 Å². The third-order valence-electron chi connectivity index (χ3n) is 3.96. The number of amides is 1. The molecule has 5 heteroatoms. The van der Waals surface area contributed by atoms with Gasteiger partial charge in [-0.15, -0.1) is 0 Å². The number of carboxylic acid groups (broad SMARTS) is 1. The van der Waals surface area contributed by atoms with Crippen LogP contribution in [0.1, 0.15) is 36.5 Å². The molecule has 4 N–H and O–H groups in total. The molecule has 5 nitrogen and oxygen atoms in total. The molecule has 2 atom stereocenters. The summed E-state index contributed by atoms with van der Waals surface area (Å²) in [6.45, 7) is 1.78. The SMILES string of the molecule is CC1(C(=O)O)CCCC1Nc1ccc(C(N)=O)cc1. The Kier molecular flexibility index (Phi) is 3.46. The van der Waals surface area contributed by atoms with Crippen molar-refractivity contribution in [2.45, 2.75) is 32.2 Å². The van der Waals surface area contributed by atoms with Crippen molar-refractivity contribution < 1.29 is 14.7 Å². The van der Waals surface area contributed by atoms with E-state index in [1.54, 1.807) is 31.2 Å². The Hall–Kier alpha value is -2.04. The molecule has 0 spiro atoms. The quantitative estimate of drug-likeness (QED) is 0.772. The molecule has 2 unspecified atom stereocenters. The van der Waals surface area contributed by atoms with Gasteiger partial charge in [-0.2, -0.15) is 0 Å². The Morgan fingerprint density at radius 1 is 1.37 bits per heavy atom. The van der Waals surface area contributed by atoms with Crippen LogP contribution in [0.15, 0.2) is 24.3 Å². The molecule has 1 fully saturated rings. The average molecular weight is 262 g/mol. The van der Waals surface area contributed by atoms with Crippen LogP contribution in [0.2, 0.25) is 0 Å². The summed E-state index contributed by atoms with van der Waals surface area (Å²) >= 11 is 0. The lowest BCUT2D eigenvalue weighted by Gasteiger charge is -2.28. The number of anilines is 1. The zero-order chi connectivity index (χ0) is 14.0. The van der Waals surface area contributed by atoms with Crippen molar-refractivity contribution in [2.24, 2.45) is 11.1 Å². The van der Waals surface area contributed by atoms with Gasteiger partial charge in [0.25, 0.3) is 0 Å². The van der Waals surface area contributed by atoms with Crippen LogP contribution in [0.25, 0.3) is 0 Å². The first-order valence-corrected chi connectivity index (χ1v) is 6.33. The highest BCUT2D eigenvalue weighted by Gasteiger charge is 2.45. The van der Waals surface area contributed by atoms with Crippen LogP contribution >= 0.6 is 0 Å². The third-order valence-corrected chi connectivity index (χ3v) is 3.96. The summed E-state index contributed by atoms with van der Waals surface area (Å²) in [5, 5.41) is 12.6. The van der Waals surface area contributed by atoms with Gasteiger partial charge in [-0.3, -0.25) is 9.59 Å². The molecule has 102 valence electrons. The van der Waals surface area contributed by atoms with Crippen molar-refractivity contribution in [2.75, 3.05) is 5.32 Å². The van der Waals surface area contributed by atoms with E-state index in [-0.39, 0.29) is 6.04 Å². The van der Waals surface area contributed by atoms with Gasteiger partial charge in [0.05, 0.1) is 5.41 Å². The van der Waals surface area contributed by atoms with Crippen molar-refractivity contribution in [3.05, 3.63) is 29.8 Å². The highest BCUT2D eigenvalue weighted by molar-refractivity contribution is 5.93. The van der Waals surface area contributed by atoms with Gasteiger partial charge in [-0.05, 0) is 44.0 Å². The standard InChI is InChI=1S/C14H18N2O3/c1-14(13(18)19)8-2-3-11(14)16-10-6-4-9(5-7-10)12(15)17/h4-7,11,16H,2-3,8H2,1H3,(H2,15,17)(H,18,19). The lowest BCUT2D eigenvalue weighted by molar-refractivity contribution is -0.147. The van der Waals surface area contributed by atoms with E-state index in [4.69, 9.17) is 5.73 Å². The molecule has 1 aromatic rings. The first-order valence-electron chi connectivity index (χ1n) is 6.33. The summed E-state index contributed by atoms with van der Waals surface area (Å²) in [6.07, 6.45) is 2.42. The molecule has 0 bridgehead atoms. The molecular weight excluding hydrogens is 244 g/mol. The van der Waals surface area contributed by atoms with Crippen LogP contribution in [0.3, 0.4) is 0 Å². The van der Waals surface area contributed by atoms with E-state index >= 15 is 0 Å². The molecule has 0 saturated heterocycles. The predicted molar refractivity (Wildman–Crippen MR) is 72.0 cm³/mol. The van der Waals surface area contributed by atoms with Crippen LogP contribution < -0.4 is 11.1 Å². The lowest BCUT2D eigenvalue weighted by Crippen LogP contribution is -2.40. The molecule has 1 saturated carbocycles. The fourth-order valence-electron chi connectivity index (χ4n) is 2.59. The summed E-state index contributed by atoms with van der Waals surface area (Å²) in [6, 6.07) is 6.68. The molecule has 0 radical (unpaired) electrons. The highest BCUT2D eigenvalue weighted by Crippen LogP contribution is 2.39. The number of rotatable bonds is 4. The van der Waals surface area contributed by atoms with E-state index in [0.29, 0.717) is 12.0 Å². The second-order valence-corrected chi connectivity index (χ2v) is 5.25. The van der Waals surface area contributed by atoms with Crippen LogP contribution in [0, 0.1) is 5.41 Å². The fourth-order valence-corrected chi connectivity index (χ4v) is 2.59. The Labute approximate surface area is 111 Å². The molecule has 0 aromatic heterocycles. The van der Waals surface area contributed by atoms with Gasteiger partial charge in [0.1, 0.15) is 0 Å². The van der Waals surface area contributed by atoms with Gasteiger partial charge in [-0.25, -0.2) is 0 Å². The molecular formula is C14H18N2O3. The number of aliphatic carboxylic acids is 1. The van der Waals surface area contributed by atoms with E-state index < -0.39 is 17.3 Å². The molecule has 0 heterocycles. The largest absolute Gasteiger partial charge is 0.481 e. The third kappa shape index (κ3) is 2.54. The Morgan fingerprint density at radius 2 is 2.00 bits per heavy atom. The van der Waals surface area contributed by atoms with E-state index in [9.17, 15) is 14.7 Å². The zero-order valence-corrected chi connectivity index (χ0v) is 10.8. The average Bonchev–Trinajstić information content (AvgIpc) is 2.73. The first kappa shape index (κ1) is 13.4. The maximum atomic E-state index is 11.4. The summed E-state index contributed by atoms with van der Waals surface area (Å²) in [7, 11) is 0. The molecule has 1 aromatic carbocycles. The van der Waals surface area contributed by atoms with Gasteiger partial charge < -0.3 is 16.2 Å². The summed E-state index contributed by atoms with van der Waals surface area (Å²) in [5.41, 5.74) is 5.69. The lowest BCUT2D eigenvalue weighted by atomic mass is 9.85. The van der Waals surface area contributed by atoms with E-state index in [1.165, 1.54) is 0 Å². The molecule has 0 aliphatic heterocycles. The number of hydrogen-bond acceptors (Lipinski definition) is 3. The number of hydrogen-bond donors (Lipinski definition) is 3. The molecule has 19 heavy (non-hydrogen) atoms. The Balaban J connectivity index is 2.12. The van der Waals surface area contributed by atoms with Crippen molar-refractivity contribution >= 4 is 17.6 Å². The topological polar surface area (TPSA) is 92.4 Å². The van der Waals surface area contributed by atoms with Gasteiger partial charge in [-0.1, -0.05) is 6.42 Å². The number of carbonyl (C=O) groups is 2. The smallest absolute Gasteiger partial charge is 0.311 e. The monoisotopic (exact) mass is 262 g/mol. The van der Waals surface area contributed by atoms with E-state index in [0.717, 1.165) is 18.5 Å². The van der Waals surface area contributed by atoms with Crippen LogP contribution in [-0.4, -0.2) is 23.0 Å². The molecule has 1 aliphatic carbocycles. The molecule has 1 aliphatic rings. The van der Waals surface area contributed by atoms with E-state index in [2.05, 4.69) is 5.32 Å². The predicted octanol–water partition coefficient (Wildman–Crippen LogP) is 1.84. The highest BCUT2D eigenvalue weighted by atomic mass is 16.4. The Bertz CT molecular complexity index is 498. The van der Waals surface area contributed by atoms with Crippen molar-refractivity contribution in [3.8, 4) is 0 Å². The minimum Gasteiger partial charge on any atom is -0.481 e. The number of nitrogens with one attached hydrogen (secondary N) is 1. The van der Waals surface area contributed by atoms with Crippen LogP contribution in [-0.2, 0) is 4.79 Å². The summed E-state index contributed by atoms with van der Waals surface area (Å²) in [4.78, 5) is 22.3. The number of nitrogens with two attached hydrogens (primary N) is 1.